The van der Waals surface area contributed by atoms with Crippen molar-refractivity contribution >= 4 is 27.9 Å². The number of piperazine rings is 1. The van der Waals surface area contributed by atoms with E-state index in [0.29, 0.717) is 19.5 Å². The monoisotopic (exact) mass is 440 g/mol. The second-order valence-electron chi connectivity index (χ2n) is 8.10. The van der Waals surface area contributed by atoms with Gasteiger partial charge in [-0.15, -0.1) is 0 Å². The Morgan fingerprint density at radius 2 is 1.87 bits per heavy atom. The number of carbonyl (C=O) groups is 3. The number of hydrogen-bond donors (Lipinski definition) is 2. The topological polar surface area (TPSA) is 138 Å². The van der Waals surface area contributed by atoms with Crippen molar-refractivity contribution in [2.45, 2.75) is 31.2 Å². The molecule has 3 rings (SSSR count). The molecule has 0 aliphatic carbocycles. The van der Waals surface area contributed by atoms with Gasteiger partial charge in [0.25, 0.3) is 11.8 Å². The summed E-state index contributed by atoms with van der Waals surface area (Å²) in [7, 11) is -2.22. The van der Waals surface area contributed by atoms with Gasteiger partial charge < -0.3 is 15.6 Å². The summed E-state index contributed by atoms with van der Waals surface area (Å²) in [5.74, 6) is -0.666. The number of nitrogens with one attached hydrogen (secondary N) is 1. The van der Waals surface area contributed by atoms with Crippen molar-refractivity contribution in [1.82, 2.24) is 24.0 Å². The number of amides is 4. The molecule has 1 unspecified atom stereocenters. The third-order valence-electron chi connectivity index (χ3n) is 5.36. The normalized spacial score (nSPS) is 21.5. The molecule has 2 aliphatic heterocycles. The molecule has 3 N–H and O–H groups in total. The number of nitrogens with zero attached hydrogens (tertiary/aromatic N) is 4. The fourth-order valence-electron chi connectivity index (χ4n) is 3.72. The number of nitrogens with two attached hydrogens (primary N) is 1. The van der Waals surface area contributed by atoms with E-state index < -0.39 is 28.0 Å². The molecule has 11 nitrogen and oxygen atoms in total. The number of aryl methyl sites for hydroxylation is 1. The Morgan fingerprint density at radius 3 is 2.40 bits per heavy atom. The van der Waals surface area contributed by atoms with Gasteiger partial charge in [0, 0.05) is 39.4 Å². The zero-order chi connectivity index (χ0) is 22.2. The van der Waals surface area contributed by atoms with Crippen LogP contribution in [-0.2, 0) is 21.9 Å². The lowest BCUT2D eigenvalue weighted by atomic mass is 10.0. The molecule has 1 aromatic heterocycles. The van der Waals surface area contributed by atoms with Gasteiger partial charge in [0.1, 0.15) is 16.6 Å². The van der Waals surface area contributed by atoms with E-state index in [9.17, 15) is 22.8 Å². The van der Waals surface area contributed by atoms with E-state index in [2.05, 4.69) is 5.32 Å². The summed E-state index contributed by atoms with van der Waals surface area (Å²) >= 11 is 0. The van der Waals surface area contributed by atoms with Crippen LogP contribution in [0.3, 0.4) is 0 Å². The molecular weight excluding hydrogens is 412 g/mol. The maximum absolute atomic E-state index is 12.9. The van der Waals surface area contributed by atoms with Crippen molar-refractivity contribution < 1.29 is 22.8 Å². The first-order valence-electron chi connectivity index (χ1n) is 9.81. The fourth-order valence-corrected chi connectivity index (χ4v) is 5.22. The Balaban J connectivity index is 1.61. The fraction of sp³-hybridized carbons (Fsp3) is 0.611. The summed E-state index contributed by atoms with van der Waals surface area (Å²) in [4.78, 5) is 39.1. The minimum Gasteiger partial charge on any atom is -0.364 e. The number of primary amides is 1. The Bertz CT molecular complexity index is 948. The van der Waals surface area contributed by atoms with E-state index in [0.717, 1.165) is 0 Å². The summed E-state index contributed by atoms with van der Waals surface area (Å²) in [6, 6.07) is 0.354. The van der Waals surface area contributed by atoms with Crippen LogP contribution >= 0.6 is 0 Å². The summed E-state index contributed by atoms with van der Waals surface area (Å²) < 4.78 is 28.5. The molecule has 2 aliphatic rings. The van der Waals surface area contributed by atoms with Crippen LogP contribution in [-0.4, -0.2) is 83.8 Å². The van der Waals surface area contributed by atoms with Crippen LogP contribution in [0.25, 0.3) is 0 Å². The zero-order valence-corrected chi connectivity index (χ0v) is 18.2. The molecule has 12 heteroatoms. The highest BCUT2D eigenvalue weighted by atomic mass is 32.2. The van der Waals surface area contributed by atoms with Gasteiger partial charge in [0.15, 0.2) is 0 Å². The van der Waals surface area contributed by atoms with Crippen LogP contribution < -0.4 is 11.1 Å². The summed E-state index contributed by atoms with van der Waals surface area (Å²) in [5, 5.41) is 2.71. The highest BCUT2D eigenvalue weighted by Gasteiger charge is 2.39. The number of aromatic nitrogens is 1. The third kappa shape index (κ3) is 4.35. The minimum atomic E-state index is -3.77. The molecule has 3 heterocycles. The van der Waals surface area contributed by atoms with Crippen molar-refractivity contribution in [3.63, 3.8) is 0 Å². The second-order valence-corrected chi connectivity index (χ2v) is 10.0. The average Bonchev–Trinajstić information content (AvgIpc) is 3.18. The van der Waals surface area contributed by atoms with Crippen LogP contribution in [0.1, 0.15) is 30.8 Å². The Labute approximate surface area is 175 Å². The van der Waals surface area contributed by atoms with Gasteiger partial charge in [-0.25, -0.2) is 18.1 Å². The molecule has 0 spiro atoms. The maximum atomic E-state index is 12.9. The third-order valence-corrected chi connectivity index (χ3v) is 7.22. The first-order chi connectivity index (χ1) is 14.0. The first-order valence-corrected chi connectivity index (χ1v) is 11.2. The van der Waals surface area contributed by atoms with Gasteiger partial charge in [0.05, 0.1) is 6.67 Å². The van der Waals surface area contributed by atoms with E-state index in [1.54, 1.807) is 7.05 Å². The van der Waals surface area contributed by atoms with Gasteiger partial charge in [-0.3, -0.25) is 14.5 Å². The highest BCUT2D eigenvalue weighted by Crippen LogP contribution is 2.21. The standard InChI is InChI=1S/C18H28N6O5S/c1-12(2)8-14-17(26)24(18(27)20-14)11-22-4-6-23(7-5-22)30(28,29)13-9-15(16(19)25)21(3)10-13/h9-10,12,14H,4-8,11H2,1-3H3,(H2,19,25)(H,20,27). The zero-order valence-electron chi connectivity index (χ0n) is 17.4. The Hall–Kier alpha value is -2.44. The summed E-state index contributed by atoms with van der Waals surface area (Å²) in [6.45, 7) is 5.28. The predicted octanol–water partition coefficient (Wildman–Crippen LogP) is -0.646. The van der Waals surface area contributed by atoms with Gasteiger partial charge >= 0.3 is 6.03 Å². The van der Waals surface area contributed by atoms with Crippen molar-refractivity contribution in [3.8, 4) is 0 Å². The SMILES string of the molecule is CC(C)CC1NC(=O)N(CN2CCN(S(=O)(=O)c3cc(C(N)=O)n(C)c3)CC2)C1=O. The van der Waals surface area contributed by atoms with E-state index in [1.807, 2.05) is 18.7 Å². The van der Waals surface area contributed by atoms with E-state index in [-0.39, 0.29) is 42.2 Å². The van der Waals surface area contributed by atoms with Crippen LogP contribution in [0.15, 0.2) is 17.2 Å². The second kappa shape index (κ2) is 8.36. The molecule has 2 saturated heterocycles. The largest absolute Gasteiger partial charge is 0.364 e. The molecule has 1 aromatic rings. The van der Waals surface area contributed by atoms with Gasteiger partial charge in [0.2, 0.25) is 10.0 Å². The van der Waals surface area contributed by atoms with E-state index in [1.165, 1.54) is 26.0 Å². The molecule has 0 bridgehead atoms. The lowest BCUT2D eigenvalue weighted by molar-refractivity contribution is -0.129. The van der Waals surface area contributed by atoms with E-state index >= 15 is 0 Å². The first kappa shape index (κ1) is 22.2. The molecule has 0 aromatic carbocycles. The predicted molar refractivity (Wildman–Crippen MR) is 108 cm³/mol. The smallest absolute Gasteiger partial charge is 0.325 e. The van der Waals surface area contributed by atoms with Crippen LogP contribution in [0.4, 0.5) is 4.79 Å². The lowest BCUT2D eigenvalue weighted by Gasteiger charge is -2.35. The number of carbonyl (C=O) groups excluding carboxylic acids is 3. The van der Waals surface area contributed by atoms with Gasteiger partial charge in [-0.1, -0.05) is 13.8 Å². The lowest BCUT2D eigenvalue weighted by Crippen LogP contribution is -2.52. The molecule has 0 saturated carbocycles. The summed E-state index contributed by atoms with van der Waals surface area (Å²) in [5.41, 5.74) is 5.38. The molecule has 2 fully saturated rings. The summed E-state index contributed by atoms with van der Waals surface area (Å²) in [6.07, 6.45) is 1.95. The van der Waals surface area contributed by atoms with Crippen molar-refractivity contribution in [1.29, 1.82) is 0 Å². The molecule has 166 valence electrons. The molecule has 30 heavy (non-hydrogen) atoms. The van der Waals surface area contributed by atoms with Crippen LogP contribution in [0.5, 0.6) is 0 Å². The molecule has 1 atom stereocenters. The van der Waals surface area contributed by atoms with E-state index in [4.69, 9.17) is 5.73 Å². The van der Waals surface area contributed by atoms with Crippen molar-refractivity contribution in [2.75, 3.05) is 32.8 Å². The Morgan fingerprint density at radius 1 is 1.23 bits per heavy atom. The highest BCUT2D eigenvalue weighted by molar-refractivity contribution is 7.89. The number of imide groups is 1. The number of urea groups is 1. The van der Waals surface area contributed by atoms with Crippen molar-refractivity contribution in [3.05, 3.63) is 18.0 Å². The quantitative estimate of drug-likeness (QED) is 0.541. The number of hydrogen-bond acceptors (Lipinski definition) is 6. The van der Waals surface area contributed by atoms with Crippen molar-refractivity contribution in [2.24, 2.45) is 18.7 Å². The number of rotatable bonds is 7. The molecule has 4 amide bonds. The Kier molecular flexibility index (Phi) is 6.20. The number of sulfonamides is 1. The van der Waals surface area contributed by atoms with Gasteiger partial charge in [-0.05, 0) is 18.4 Å². The van der Waals surface area contributed by atoms with Crippen LogP contribution in [0.2, 0.25) is 0 Å². The molecule has 0 radical (unpaired) electrons. The van der Waals surface area contributed by atoms with Gasteiger partial charge in [-0.2, -0.15) is 4.31 Å². The van der Waals surface area contributed by atoms with Crippen LogP contribution in [0, 0.1) is 5.92 Å². The molecular formula is C18H28N6O5S. The average molecular weight is 441 g/mol. The minimum absolute atomic E-state index is 0.0119. The maximum Gasteiger partial charge on any atom is 0.325 e.